The normalized spacial score (nSPS) is 11.7. The first-order valence-corrected chi connectivity index (χ1v) is 21.0. The number of anilines is 1. The van der Waals surface area contributed by atoms with E-state index >= 15 is 0 Å². The van der Waals surface area contributed by atoms with Crippen LogP contribution in [0.3, 0.4) is 0 Å². The van der Waals surface area contributed by atoms with Gasteiger partial charge in [-0.2, -0.15) is 5.21 Å². The van der Waals surface area contributed by atoms with Gasteiger partial charge in [0, 0.05) is 16.8 Å². The van der Waals surface area contributed by atoms with E-state index in [-0.39, 0.29) is 28.5 Å². The zero-order chi connectivity index (χ0) is 40.5. The Labute approximate surface area is 342 Å². The van der Waals surface area contributed by atoms with Crippen molar-refractivity contribution in [2.75, 3.05) is 11.9 Å². The van der Waals surface area contributed by atoms with Crippen molar-refractivity contribution in [1.29, 1.82) is 0 Å². The van der Waals surface area contributed by atoms with Crippen molar-refractivity contribution in [2.45, 2.75) is 94.4 Å². The predicted octanol–water partition coefficient (Wildman–Crippen LogP) is 12.0. The molecule has 0 aliphatic heterocycles. The van der Waals surface area contributed by atoms with Crippen molar-refractivity contribution >= 4 is 39.8 Å². The molecule has 6 rings (SSSR count). The number of unbranched alkanes of at least 4 members (excludes halogenated alkanes) is 11. The minimum absolute atomic E-state index is 0.0381. The Kier molecular flexibility index (Phi) is 15.5. The molecule has 0 bridgehead atoms. The number of carbonyl (C=O) groups excluding carboxylic acids is 1. The lowest BCUT2D eigenvalue weighted by molar-refractivity contribution is -0.385. The fourth-order valence-electron chi connectivity index (χ4n) is 6.90. The molecule has 1 aromatic heterocycles. The number of nitrogens with zero attached hydrogens (tertiary/aromatic N) is 4. The number of carbonyl (C=O) groups is 1. The molecule has 1 heterocycles. The summed E-state index contributed by atoms with van der Waals surface area (Å²) in [6.07, 6.45) is 15.0. The van der Waals surface area contributed by atoms with E-state index in [2.05, 4.69) is 32.9 Å². The standard InChI is InChI=1S/C45H50N6O6S/c1-2-3-4-5-6-7-8-9-10-11-12-20-29-56-39-26-19-18-25-37(39)46-44(53)36-31-41(34-23-16-17-24-35(34)42(36)52)57-40-28-27-33(30-38(40)51(54)55)43(32-21-14-13-15-22-32)58-45-47-49-50-48-45/h13-19,21-28,30-31,43,52H,2-12,20,29H2,1H3,(H,46,53)(H,47,48,49,50). The van der Waals surface area contributed by atoms with E-state index in [1.165, 1.54) is 94.2 Å². The van der Waals surface area contributed by atoms with E-state index in [4.69, 9.17) is 9.47 Å². The number of nitro benzene ring substituents is 1. The number of tetrazole rings is 1. The number of aromatic amines is 1. The minimum atomic E-state index is -0.594. The summed E-state index contributed by atoms with van der Waals surface area (Å²) in [6, 6.07) is 29.7. The number of para-hydroxylation sites is 2. The third-order valence-electron chi connectivity index (χ3n) is 9.97. The van der Waals surface area contributed by atoms with E-state index in [0.717, 1.165) is 18.4 Å². The summed E-state index contributed by atoms with van der Waals surface area (Å²) in [4.78, 5) is 25.9. The smallest absolute Gasteiger partial charge is 0.311 e. The Hall–Kier alpha value is -5.95. The number of H-pyrrole nitrogens is 1. The predicted molar refractivity (Wildman–Crippen MR) is 228 cm³/mol. The Morgan fingerprint density at radius 2 is 1.43 bits per heavy atom. The van der Waals surface area contributed by atoms with Crippen molar-refractivity contribution in [1.82, 2.24) is 20.6 Å². The molecule has 0 spiro atoms. The van der Waals surface area contributed by atoms with Crippen molar-refractivity contribution in [3.63, 3.8) is 0 Å². The second-order valence-electron chi connectivity index (χ2n) is 14.2. The highest BCUT2D eigenvalue weighted by Gasteiger charge is 2.26. The number of benzene rings is 5. The highest BCUT2D eigenvalue weighted by molar-refractivity contribution is 7.99. The Morgan fingerprint density at radius 3 is 2.12 bits per heavy atom. The van der Waals surface area contributed by atoms with Crippen LogP contribution < -0.4 is 14.8 Å². The number of aromatic nitrogens is 4. The molecular weight excluding hydrogens is 753 g/mol. The van der Waals surface area contributed by atoms with Gasteiger partial charge < -0.3 is 19.9 Å². The van der Waals surface area contributed by atoms with Crippen LogP contribution in [0.5, 0.6) is 23.0 Å². The first-order valence-electron chi connectivity index (χ1n) is 20.1. The quantitative estimate of drug-likeness (QED) is 0.0246. The molecule has 0 radical (unpaired) electrons. The first-order chi connectivity index (χ1) is 28.4. The van der Waals surface area contributed by atoms with Crippen molar-refractivity contribution in [2.24, 2.45) is 0 Å². The fourth-order valence-corrected chi connectivity index (χ4v) is 7.87. The number of nitrogens with one attached hydrogen (secondary N) is 2. The SMILES string of the molecule is CCCCCCCCCCCCCCOc1ccccc1NC(=O)c1cc(Oc2ccc(C(Sc3nn[nH]n3)c3ccccc3)cc2[N+](=O)[O-])c2ccccc2c1O. The lowest BCUT2D eigenvalue weighted by Gasteiger charge is -2.18. The summed E-state index contributed by atoms with van der Waals surface area (Å²) >= 11 is 1.29. The fraction of sp³-hybridized carbons (Fsp3) is 0.333. The average molecular weight is 803 g/mol. The van der Waals surface area contributed by atoms with Crippen LogP contribution in [0.1, 0.15) is 111 Å². The van der Waals surface area contributed by atoms with Gasteiger partial charge in [-0.05, 0) is 47.0 Å². The minimum Gasteiger partial charge on any atom is -0.506 e. The van der Waals surface area contributed by atoms with Gasteiger partial charge in [-0.3, -0.25) is 14.9 Å². The molecule has 1 atom stereocenters. The first kappa shape index (κ1) is 41.7. The summed E-state index contributed by atoms with van der Waals surface area (Å²) in [5.41, 5.74) is 1.62. The van der Waals surface area contributed by atoms with Gasteiger partial charge in [0.1, 0.15) is 17.2 Å². The molecule has 12 nitrogen and oxygen atoms in total. The van der Waals surface area contributed by atoms with Gasteiger partial charge in [0.05, 0.1) is 28.0 Å². The Balaban J connectivity index is 1.14. The third kappa shape index (κ3) is 11.3. The number of aromatic hydroxyl groups is 1. The van der Waals surface area contributed by atoms with E-state index in [0.29, 0.717) is 39.5 Å². The molecule has 1 amide bonds. The zero-order valence-corrected chi connectivity index (χ0v) is 33.6. The lowest BCUT2D eigenvalue weighted by atomic mass is 10.0. The monoisotopic (exact) mass is 802 g/mol. The molecule has 13 heteroatoms. The molecule has 3 N–H and O–H groups in total. The molecule has 58 heavy (non-hydrogen) atoms. The average Bonchev–Trinajstić information content (AvgIpc) is 3.77. The highest BCUT2D eigenvalue weighted by Crippen LogP contribution is 2.44. The van der Waals surface area contributed by atoms with Gasteiger partial charge in [0.25, 0.3) is 5.91 Å². The summed E-state index contributed by atoms with van der Waals surface area (Å²) < 4.78 is 12.4. The Bertz CT molecular complexity index is 2240. The van der Waals surface area contributed by atoms with E-state index in [9.17, 15) is 20.0 Å². The summed E-state index contributed by atoms with van der Waals surface area (Å²) in [6.45, 7) is 2.77. The molecule has 302 valence electrons. The van der Waals surface area contributed by atoms with Crippen LogP contribution >= 0.6 is 11.8 Å². The number of fused-ring (bicyclic) bond motifs is 1. The van der Waals surface area contributed by atoms with Crippen LogP contribution in [0.15, 0.2) is 108 Å². The highest BCUT2D eigenvalue weighted by atomic mass is 32.2. The number of thioether (sulfide) groups is 1. The molecule has 6 aromatic rings. The summed E-state index contributed by atoms with van der Waals surface area (Å²) in [5, 5.41) is 41.8. The maximum atomic E-state index is 13.9. The molecule has 0 fully saturated rings. The third-order valence-corrected chi connectivity index (χ3v) is 11.1. The van der Waals surface area contributed by atoms with Gasteiger partial charge in [0.15, 0.2) is 0 Å². The number of ether oxygens (including phenoxy) is 2. The molecule has 0 aliphatic carbocycles. The number of nitro groups is 1. The van der Waals surface area contributed by atoms with Gasteiger partial charge >= 0.3 is 5.69 Å². The number of amides is 1. The number of rotatable bonds is 23. The van der Waals surface area contributed by atoms with E-state index in [1.54, 1.807) is 48.5 Å². The van der Waals surface area contributed by atoms with Crippen LogP contribution in [0.25, 0.3) is 10.8 Å². The molecule has 1 unspecified atom stereocenters. The summed E-state index contributed by atoms with van der Waals surface area (Å²) in [5.74, 6) is -0.193. The van der Waals surface area contributed by atoms with Crippen molar-refractivity contribution in [3.05, 3.63) is 130 Å². The second kappa shape index (κ2) is 21.5. The number of hydrogen-bond acceptors (Lipinski definition) is 10. The maximum absolute atomic E-state index is 13.9. The largest absolute Gasteiger partial charge is 0.506 e. The zero-order valence-electron chi connectivity index (χ0n) is 32.8. The topological polar surface area (TPSA) is 165 Å². The molecule has 5 aromatic carbocycles. The van der Waals surface area contributed by atoms with Crippen LogP contribution in [0.2, 0.25) is 0 Å². The molecule has 0 aliphatic rings. The van der Waals surface area contributed by atoms with Crippen LogP contribution in [0, 0.1) is 10.1 Å². The second-order valence-corrected chi connectivity index (χ2v) is 15.3. The number of phenols is 1. The lowest BCUT2D eigenvalue weighted by Crippen LogP contribution is -2.14. The number of hydrogen-bond donors (Lipinski definition) is 3. The van der Waals surface area contributed by atoms with Gasteiger partial charge in [-0.25, -0.2) is 0 Å². The van der Waals surface area contributed by atoms with Crippen LogP contribution in [0.4, 0.5) is 11.4 Å². The summed E-state index contributed by atoms with van der Waals surface area (Å²) in [7, 11) is 0. The van der Waals surface area contributed by atoms with Crippen LogP contribution in [-0.2, 0) is 0 Å². The Morgan fingerprint density at radius 1 is 0.776 bits per heavy atom. The maximum Gasteiger partial charge on any atom is 0.311 e. The van der Waals surface area contributed by atoms with Gasteiger partial charge in [0.2, 0.25) is 10.9 Å². The molecule has 0 saturated heterocycles. The van der Waals surface area contributed by atoms with E-state index in [1.807, 2.05) is 36.4 Å². The van der Waals surface area contributed by atoms with Crippen molar-refractivity contribution in [3.8, 4) is 23.0 Å². The molecular formula is C45H50N6O6S. The van der Waals surface area contributed by atoms with Crippen LogP contribution in [-0.4, -0.2) is 43.2 Å². The van der Waals surface area contributed by atoms with Gasteiger partial charge in [-0.15, -0.1) is 10.2 Å². The number of phenolic OH excluding ortho intramolecular Hbond substituents is 1. The van der Waals surface area contributed by atoms with Gasteiger partial charge in [-0.1, -0.05) is 162 Å². The molecule has 0 saturated carbocycles. The van der Waals surface area contributed by atoms with Crippen molar-refractivity contribution < 1.29 is 24.3 Å². The van der Waals surface area contributed by atoms with E-state index < -0.39 is 16.1 Å².